The van der Waals surface area contributed by atoms with Crippen molar-refractivity contribution in [1.29, 1.82) is 0 Å². The minimum Gasteiger partial charge on any atom is -0.366 e. The number of hydrogen-bond acceptors (Lipinski definition) is 6. The van der Waals surface area contributed by atoms with Crippen LogP contribution in [0.5, 0.6) is 0 Å². The highest BCUT2D eigenvalue weighted by atomic mass is 32.2. The number of morpholine rings is 1. The fraction of sp³-hybridized carbons (Fsp3) is 0.500. The normalized spacial score (nSPS) is 24.1. The smallest absolute Gasteiger partial charge is 0.320 e. The van der Waals surface area contributed by atoms with Gasteiger partial charge in [0.25, 0.3) is 0 Å². The maximum absolute atomic E-state index is 13.3. The molecule has 0 spiro atoms. The van der Waals surface area contributed by atoms with Crippen molar-refractivity contribution in [3.8, 4) is 0 Å². The number of rotatable bonds is 4. The van der Waals surface area contributed by atoms with Crippen molar-refractivity contribution in [3.63, 3.8) is 0 Å². The quantitative estimate of drug-likeness (QED) is 0.672. The van der Waals surface area contributed by atoms with Gasteiger partial charge in [-0.2, -0.15) is 0 Å². The first-order chi connectivity index (χ1) is 17.3. The third-order valence-corrected chi connectivity index (χ3v) is 8.70. The molecule has 3 aliphatic rings. The second-order valence-electron chi connectivity index (χ2n) is 9.97. The summed E-state index contributed by atoms with van der Waals surface area (Å²) in [5, 5.41) is 2.96. The topological polar surface area (TPSA) is 109 Å². The fourth-order valence-corrected chi connectivity index (χ4v) is 6.42. The minimum absolute atomic E-state index is 0.00579. The van der Waals surface area contributed by atoms with Crippen molar-refractivity contribution in [3.05, 3.63) is 59.9 Å². The number of nitrogens with one attached hydrogen (secondary N) is 1. The van der Waals surface area contributed by atoms with Gasteiger partial charge >= 0.3 is 6.03 Å². The number of piperidine rings is 2. The number of ether oxygens (including phenoxy) is 1. The number of carbonyl (C=O) groups excluding carboxylic acids is 2. The molecule has 36 heavy (non-hydrogen) atoms. The Labute approximate surface area is 211 Å². The molecule has 192 valence electrons. The first-order valence-electron chi connectivity index (χ1n) is 12.4. The summed E-state index contributed by atoms with van der Waals surface area (Å²) in [4.78, 5) is 33.2. The Morgan fingerprint density at radius 2 is 1.78 bits per heavy atom. The van der Waals surface area contributed by atoms with Crippen molar-refractivity contribution in [2.24, 2.45) is 5.92 Å². The molecule has 3 amide bonds. The lowest BCUT2D eigenvalue weighted by Crippen LogP contribution is -2.62. The predicted molar refractivity (Wildman–Crippen MR) is 133 cm³/mol. The summed E-state index contributed by atoms with van der Waals surface area (Å²) in [5.41, 5.74) is 2.06. The van der Waals surface area contributed by atoms with Crippen LogP contribution in [-0.2, 0) is 19.4 Å². The van der Waals surface area contributed by atoms with Gasteiger partial charge in [0.15, 0.2) is 9.84 Å². The summed E-state index contributed by atoms with van der Waals surface area (Å²) in [6, 6.07) is 11.0. The molecule has 4 heterocycles. The van der Waals surface area contributed by atoms with Crippen LogP contribution in [0.15, 0.2) is 53.7 Å². The van der Waals surface area contributed by atoms with Crippen LogP contribution in [0.2, 0.25) is 0 Å². The van der Waals surface area contributed by atoms with E-state index in [0.29, 0.717) is 37.5 Å². The Morgan fingerprint density at radius 1 is 1.06 bits per heavy atom. The number of pyridine rings is 1. The van der Waals surface area contributed by atoms with Crippen molar-refractivity contribution in [1.82, 2.24) is 20.1 Å². The molecule has 9 nitrogen and oxygen atoms in total. The second kappa shape index (κ2) is 10.2. The third kappa shape index (κ3) is 5.24. The molecule has 1 N–H and O–H groups in total. The minimum atomic E-state index is -3.32. The molecule has 1 aromatic carbocycles. The number of hydrogen-bond donors (Lipinski definition) is 1. The van der Waals surface area contributed by atoms with E-state index in [-0.39, 0.29) is 42.5 Å². The molecular weight excluding hydrogens is 480 g/mol. The number of nitrogens with zero attached hydrogens (tertiary/aromatic N) is 3. The number of urea groups is 1. The number of carbonyl (C=O) groups is 2. The van der Waals surface area contributed by atoms with Gasteiger partial charge in [-0.05, 0) is 60.6 Å². The van der Waals surface area contributed by atoms with Crippen LogP contribution < -0.4 is 5.32 Å². The lowest BCUT2D eigenvalue weighted by Gasteiger charge is -2.44. The van der Waals surface area contributed by atoms with Gasteiger partial charge < -0.3 is 19.9 Å². The third-order valence-electron chi connectivity index (χ3n) is 7.59. The van der Waals surface area contributed by atoms with E-state index in [9.17, 15) is 18.0 Å². The molecule has 3 fully saturated rings. The Morgan fingerprint density at radius 3 is 2.50 bits per heavy atom. The summed E-state index contributed by atoms with van der Waals surface area (Å²) < 4.78 is 30.0. The average Bonchev–Trinajstić information content (AvgIpc) is 2.89. The molecule has 0 radical (unpaired) electrons. The van der Waals surface area contributed by atoms with Crippen LogP contribution >= 0.6 is 0 Å². The zero-order valence-electron chi connectivity index (χ0n) is 20.4. The highest BCUT2D eigenvalue weighted by Gasteiger charge is 2.38. The van der Waals surface area contributed by atoms with Crippen LogP contribution in [0.4, 0.5) is 4.79 Å². The van der Waals surface area contributed by atoms with E-state index >= 15 is 0 Å². The van der Waals surface area contributed by atoms with E-state index in [1.165, 1.54) is 6.26 Å². The number of fused-ring (bicyclic) bond motifs is 1. The van der Waals surface area contributed by atoms with Crippen LogP contribution in [0.3, 0.4) is 0 Å². The molecular formula is C26H32N4O5S. The van der Waals surface area contributed by atoms with E-state index in [1.54, 1.807) is 30.6 Å². The Hall–Kier alpha value is -2.98. The van der Waals surface area contributed by atoms with E-state index in [2.05, 4.69) is 10.3 Å². The summed E-state index contributed by atoms with van der Waals surface area (Å²) in [5.74, 6) is 0.133. The van der Waals surface area contributed by atoms with Crippen molar-refractivity contribution < 1.29 is 22.7 Å². The summed E-state index contributed by atoms with van der Waals surface area (Å²) >= 11 is 0. The van der Waals surface area contributed by atoms with E-state index < -0.39 is 9.84 Å². The molecule has 5 rings (SSSR count). The zero-order chi connectivity index (χ0) is 25.3. The first-order valence-corrected chi connectivity index (χ1v) is 14.3. The zero-order valence-corrected chi connectivity index (χ0v) is 21.2. The number of amides is 3. The molecule has 0 unspecified atom stereocenters. The standard InChI is InChI=1S/C26H32N4O5S/c1-36(33,34)21-4-2-3-20(15-21)25(18-5-10-27-11-6-18)19-7-12-29(13-8-19)26(32)30-14-9-23-22(16-30)28-24(31)17-35-23/h2-6,10-11,15,19,22-23,25H,7-9,12-14,16-17H2,1H3,(H,28,31)/t22-,23+,25+/m1/s1. The molecule has 10 heteroatoms. The largest absolute Gasteiger partial charge is 0.366 e. The molecule has 0 saturated carbocycles. The van der Waals surface area contributed by atoms with Crippen LogP contribution in [-0.4, -0.2) is 86.3 Å². The summed E-state index contributed by atoms with van der Waals surface area (Å²) in [6.07, 6.45) is 7.06. The molecule has 2 aromatic rings. The van der Waals surface area contributed by atoms with E-state index in [1.807, 2.05) is 28.0 Å². The van der Waals surface area contributed by atoms with Gasteiger partial charge in [0.05, 0.1) is 17.0 Å². The summed E-state index contributed by atoms with van der Waals surface area (Å²) in [6.45, 7) is 2.43. The summed E-state index contributed by atoms with van der Waals surface area (Å²) in [7, 11) is -3.32. The first kappa shape index (κ1) is 24.7. The number of aromatic nitrogens is 1. The lowest BCUT2D eigenvalue weighted by atomic mass is 9.76. The maximum atomic E-state index is 13.3. The van der Waals surface area contributed by atoms with Crippen LogP contribution in [0, 0.1) is 5.92 Å². The van der Waals surface area contributed by atoms with Crippen LogP contribution in [0.1, 0.15) is 36.3 Å². The van der Waals surface area contributed by atoms with Crippen molar-refractivity contribution >= 4 is 21.8 Å². The number of likely N-dealkylation sites (tertiary alicyclic amines) is 2. The van der Waals surface area contributed by atoms with Gasteiger partial charge in [-0.3, -0.25) is 9.78 Å². The fourth-order valence-electron chi connectivity index (χ4n) is 5.74. The molecule has 0 aliphatic carbocycles. The Kier molecular flexibility index (Phi) is 6.98. The maximum Gasteiger partial charge on any atom is 0.320 e. The molecule has 3 aliphatic heterocycles. The highest BCUT2D eigenvalue weighted by Crippen LogP contribution is 2.38. The molecule has 1 aromatic heterocycles. The second-order valence-corrected chi connectivity index (χ2v) is 12.0. The average molecular weight is 513 g/mol. The number of sulfone groups is 1. The van der Waals surface area contributed by atoms with E-state index in [0.717, 1.165) is 24.0 Å². The SMILES string of the molecule is CS(=O)(=O)c1cccc([C@@H](c2ccncc2)C2CCN(C(=O)N3CC[C@@H]4OCC(=O)N[C@@H]4C3)CC2)c1. The van der Waals surface area contributed by atoms with Gasteiger partial charge in [0.1, 0.15) is 6.61 Å². The van der Waals surface area contributed by atoms with Gasteiger partial charge in [0, 0.05) is 50.7 Å². The van der Waals surface area contributed by atoms with Gasteiger partial charge in [-0.25, -0.2) is 13.2 Å². The lowest BCUT2D eigenvalue weighted by molar-refractivity contribution is -0.139. The molecule has 3 atom stereocenters. The number of benzene rings is 1. The van der Waals surface area contributed by atoms with Crippen LogP contribution in [0.25, 0.3) is 0 Å². The van der Waals surface area contributed by atoms with E-state index in [4.69, 9.17) is 4.74 Å². The molecule has 3 saturated heterocycles. The monoisotopic (exact) mass is 512 g/mol. The van der Waals surface area contributed by atoms with Crippen molar-refractivity contribution in [2.75, 3.05) is 39.0 Å². The van der Waals surface area contributed by atoms with Crippen molar-refractivity contribution in [2.45, 2.75) is 42.2 Å². The Bertz CT molecular complexity index is 1210. The predicted octanol–water partition coefficient (Wildman–Crippen LogP) is 2.04. The van der Waals surface area contributed by atoms with Gasteiger partial charge in [-0.1, -0.05) is 12.1 Å². The van der Waals surface area contributed by atoms with Gasteiger partial charge in [-0.15, -0.1) is 0 Å². The Balaban J connectivity index is 1.29. The highest BCUT2D eigenvalue weighted by molar-refractivity contribution is 7.90. The molecule has 0 bridgehead atoms. The van der Waals surface area contributed by atoms with Gasteiger partial charge in [0.2, 0.25) is 5.91 Å².